The van der Waals surface area contributed by atoms with Gasteiger partial charge in [0.25, 0.3) is 5.56 Å². The van der Waals surface area contributed by atoms with Gasteiger partial charge in [-0.2, -0.15) is 39.5 Å². The second-order valence-electron chi connectivity index (χ2n) is 5.46. The average Bonchev–Trinajstić information content (AvgIpc) is 2.56. The minimum Gasteiger partial charge on any atom is -0.325 e. The minimum absolute atomic E-state index is 0.195. The van der Waals surface area contributed by atoms with Gasteiger partial charge >= 0.3 is 18.5 Å². The van der Waals surface area contributed by atoms with Crippen LogP contribution in [0.1, 0.15) is 16.8 Å². The first kappa shape index (κ1) is 24.1. The van der Waals surface area contributed by atoms with Gasteiger partial charge in [0.2, 0.25) is 5.95 Å². The predicted octanol–water partition coefficient (Wildman–Crippen LogP) is 6.56. The molecule has 0 aliphatic heterocycles. The van der Waals surface area contributed by atoms with E-state index in [1.165, 1.54) is 0 Å². The number of aromatic nitrogens is 2. The Bertz CT molecular complexity index is 1020. The Morgan fingerprint density at radius 3 is 1.83 bits per heavy atom. The number of alkyl halides is 9. The van der Waals surface area contributed by atoms with Gasteiger partial charge in [0, 0.05) is 16.4 Å². The van der Waals surface area contributed by atoms with Crippen molar-refractivity contribution >= 4 is 45.4 Å². The van der Waals surface area contributed by atoms with Crippen LogP contribution in [0.5, 0.6) is 0 Å². The molecule has 0 aliphatic carbocycles. The molecular formula is C15H6BrClF9N3O. The second-order valence-corrected chi connectivity index (χ2v) is 6.63. The van der Waals surface area contributed by atoms with Crippen molar-refractivity contribution in [2.75, 3.05) is 5.32 Å². The lowest BCUT2D eigenvalue weighted by molar-refractivity contribution is -0.144. The van der Waals surface area contributed by atoms with Gasteiger partial charge < -0.3 is 5.32 Å². The summed E-state index contributed by atoms with van der Waals surface area (Å²) in [5, 5.41) is 0.492. The summed E-state index contributed by atoms with van der Waals surface area (Å²) in [5.41, 5.74) is -7.87. The Kier molecular flexibility index (Phi) is 6.25. The number of nitrogens with zero attached hydrogens (tertiary/aromatic N) is 2. The molecule has 1 aromatic heterocycles. The first-order chi connectivity index (χ1) is 13.5. The van der Waals surface area contributed by atoms with E-state index in [-0.39, 0.29) is 12.1 Å². The fraction of sp³-hybridized carbons (Fsp3) is 0.200. The molecule has 0 fully saturated rings. The van der Waals surface area contributed by atoms with Gasteiger partial charge in [-0.1, -0.05) is 18.2 Å². The molecule has 0 saturated heterocycles. The van der Waals surface area contributed by atoms with Crippen molar-refractivity contribution in [1.29, 1.82) is 0 Å². The molecule has 1 heterocycles. The molecule has 0 spiro atoms. The summed E-state index contributed by atoms with van der Waals surface area (Å²) in [6.07, 6.45) is -15.1. The number of hydrogen-bond donors (Lipinski definition) is 1. The Morgan fingerprint density at radius 2 is 1.47 bits per heavy atom. The summed E-state index contributed by atoms with van der Waals surface area (Å²) in [7, 11) is 0. The molecule has 15 heteroatoms. The van der Waals surface area contributed by atoms with Crippen LogP contribution in [0.2, 0.25) is 5.02 Å². The number of hydrogen-bond acceptors (Lipinski definition) is 3. The van der Waals surface area contributed by atoms with Crippen molar-refractivity contribution in [3.63, 3.8) is 0 Å². The van der Waals surface area contributed by atoms with Crippen LogP contribution in [0.3, 0.4) is 0 Å². The summed E-state index contributed by atoms with van der Waals surface area (Å²) in [4.78, 5) is 15.0. The Labute approximate surface area is 174 Å². The van der Waals surface area contributed by atoms with E-state index in [1.54, 1.807) is 0 Å². The van der Waals surface area contributed by atoms with Gasteiger partial charge in [0.05, 0.1) is 11.1 Å². The standard InChI is InChI=1S/C15H6BrClF9N3O/c1-2-29-11(30)9(17)10(15(24,25)26)28-12(29)27-5-3-6(13(18,19)20)8(16)7(4-5)14(21,22)23/h2-4H,1H2,(H,27,28). The van der Waals surface area contributed by atoms with Crippen LogP contribution in [0.25, 0.3) is 6.20 Å². The van der Waals surface area contributed by atoms with Crippen molar-refractivity contribution < 1.29 is 39.5 Å². The quantitative estimate of drug-likeness (QED) is 0.458. The Balaban J connectivity index is 2.78. The molecule has 164 valence electrons. The highest BCUT2D eigenvalue weighted by molar-refractivity contribution is 9.10. The van der Waals surface area contributed by atoms with Gasteiger partial charge in [-0.3, -0.25) is 9.36 Å². The average molecular weight is 531 g/mol. The third-order valence-electron chi connectivity index (χ3n) is 3.45. The smallest absolute Gasteiger partial charge is 0.325 e. The van der Waals surface area contributed by atoms with Gasteiger partial charge in [-0.05, 0) is 28.1 Å². The Morgan fingerprint density at radius 1 is 1.00 bits per heavy atom. The monoisotopic (exact) mass is 529 g/mol. The lowest BCUT2D eigenvalue weighted by Gasteiger charge is -2.19. The topological polar surface area (TPSA) is 46.9 Å². The summed E-state index contributed by atoms with van der Waals surface area (Å²) >= 11 is 7.57. The van der Waals surface area contributed by atoms with Crippen LogP contribution < -0.4 is 10.9 Å². The molecule has 0 bridgehead atoms. The van der Waals surface area contributed by atoms with E-state index in [1.807, 2.05) is 5.32 Å². The van der Waals surface area contributed by atoms with Crippen molar-refractivity contribution in [1.82, 2.24) is 9.55 Å². The van der Waals surface area contributed by atoms with E-state index in [9.17, 15) is 44.3 Å². The second kappa shape index (κ2) is 7.80. The zero-order valence-corrected chi connectivity index (χ0v) is 16.2. The molecule has 0 aliphatic rings. The van der Waals surface area contributed by atoms with Crippen molar-refractivity contribution in [2.24, 2.45) is 0 Å². The van der Waals surface area contributed by atoms with Crippen molar-refractivity contribution in [2.45, 2.75) is 18.5 Å². The maximum atomic E-state index is 13.1. The summed E-state index contributed by atoms with van der Waals surface area (Å²) in [6, 6.07) is 0.390. The maximum Gasteiger partial charge on any atom is 0.435 e. The van der Waals surface area contributed by atoms with E-state index in [0.717, 1.165) is 0 Å². The molecule has 2 aromatic rings. The van der Waals surface area contributed by atoms with Crippen LogP contribution in [-0.4, -0.2) is 9.55 Å². The fourth-order valence-corrected chi connectivity index (χ4v) is 3.11. The normalized spacial score (nSPS) is 12.8. The minimum atomic E-state index is -5.25. The first-order valence-corrected chi connectivity index (χ1v) is 8.42. The van der Waals surface area contributed by atoms with Crippen molar-refractivity contribution in [3.8, 4) is 0 Å². The summed E-state index contributed by atoms with van der Waals surface area (Å²) in [5.74, 6) is -1.06. The summed E-state index contributed by atoms with van der Waals surface area (Å²) < 4.78 is 117. The van der Waals surface area contributed by atoms with Crippen LogP contribution in [0.4, 0.5) is 51.1 Å². The van der Waals surface area contributed by atoms with Gasteiger partial charge in [-0.25, -0.2) is 4.98 Å². The lowest BCUT2D eigenvalue weighted by Crippen LogP contribution is -2.26. The van der Waals surface area contributed by atoms with E-state index in [4.69, 9.17) is 11.6 Å². The molecule has 0 saturated carbocycles. The molecule has 2 rings (SSSR count). The number of nitrogens with one attached hydrogen (secondary N) is 1. The molecule has 0 atom stereocenters. The third kappa shape index (κ3) is 4.74. The SMILES string of the molecule is C=Cn1c(Nc2cc(C(F)(F)F)c(Br)c(C(F)(F)F)c2)nc(C(F)(F)F)c(Cl)c1=O. The molecule has 0 amide bonds. The van der Waals surface area contributed by atoms with Crippen molar-refractivity contribution in [3.05, 3.63) is 55.4 Å². The van der Waals surface area contributed by atoms with Crippen LogP contribution >= 0.6 is 27.5 Å². The number of rotatable bonds is 3. The molecule has 0 radical (unpaired) electrons. The van der Waals surface area contributed by atoms with Gasteiger partial charge in [0.1, 0.15) is 5.02 Å². The number of benzene rings is 1. The highest BCUT2D eigenvalue weighted by atomic mass is 79.9. The van der Waals surface area contributed by atoms with Crippen LogP contribution in [0.15, 0.2) is 28.0 Å². The highest BCUT2D eigenvalue weighted by Gasteiger charge is 2.41. The van der Waals surface area contributed by atoms with Gasteiger partial charge in [-0.15, -0.1) is 0 Å². The van der Waals surface area contributed by atoms with Gasteiger partial charge in [0.15, 0.2) is 5.69 Å². The van der Waals surface area contributed by atoms with E-state index < -0.39 is 62.0 Å². The van der Waals surface area contributed by atoms with E-state index in [0.29, 0.717) is 10.8 Å². The zero-order chi connectivity index (χ0) is 23.2. The largest absolute Gasteiger partial charge is 0.435 e. The van der Waals surface area contributed by atoms with E-state index >= 15 is 0 Å². The van der Waals surface area contributed by atoms with Crippen LogP contribution in [0, 0.1) is 0 Å². The Hall–Kier alpha value is -2.22. The maximum absolute atomic E-state index is 13.1. The molecule has 0 unspecified atom stereocenters. The first-order valence-electron chi connectivity index (χ1n) is 7.25. The summed E-state index contributed by atoms with van der Waals surface area (Å²) in [6.45, 7) is 3.13. The molecule has 30 heavy (non-hydrogen) atoms. The number of halogens is 11. The third-order valence-corrected chi connectivity index (χ3v) is 4.65. The highest BCUT2D eigenvalue weighted by Crippen LogP contribution is 2.44. The zero-order valence-electron chi connectivity index (χ0n) is 13.9. The molecule has 1 N–H and O–H groups in total. The molecular weight excluding hydrogens is 525 g/mol. The molecule has 4 nitrogen and oxygen atoms in total. The predicted molar refractivity (Wildman–Crippen MR) is 92.3 cm³/mol. The molecule has 1 aromatic carbocycles. The lowest BCUT2D eigenvalue weighted by atomic mass is 10.1. The number of anilines is 2. The van der Waals surface area contributed by atoms with Crippen LogP contribution in [-0.2, 0) is 18.5 Å². The fourth-order valence-electron chi connectivity index (χ4n) is 2.20. The van der Waals surface area contributed by atoms with E-state index in [2.05, 4.69) is 27.5 Å².